The van der Waals surface area contributed by atoms with Crippen LogP contribution in [0, 0.1) is 0 Å². The van der Waals surface area contributed by atoms with Gasteiger partial charge in [0.25, 0.3) is 0 Å². The number of carbonyl (C=O) groups is 2. The largest absolute Gasteiger partial charge is 0.494 e. The molecular formula is C22H28BrN3O5S. The summed E-state index contributed by atoms with van der Waals surface area (Å²) < 4.78 is 32.3. The number of nitrogens with zero attached hydrogens (tertiary/aromatic N) is 2. The third kappa shape index (κ3) is 6.96. The van der Waals surface area contributed by atoms with Crippen molar-refractivity contribution in [3.63, 3.8) is 0 Å². The van der Waals surface area contributed by atoms with Gasteiger partial charge in [-0.1, -0.05) is 28.1 Å². The Balaban J connectivity index is 2.35. The van der Waals surface area contributed by atoms with Gasteiger partial charge in [-0.25, -0.2) is 8.42 Å². The Kier molecular flexibility index (Phi) is 9.09. The maximum atomic E-state index is 13.3. The minimum Gasteiger partial charge on any atom is -0.494 e. The second kappa shape index (κ2) is 11.3. The summed E-state index contributed by atoms with van der Waals surface area (Å²) >= 11 is 3.40. The van der Waals surface area contributed by atoms with E-state index >= 15 is 0 Å². The van der Waals surface area contributed by atoms with Gasteiger partial charge in [0.15, 0.2) is 0 Å². The first-order valence-electron chi connectivity index (χ1n) is 10.0. The van der Waals surface area contributed by atoms with Gasteiger partial charge in [0.05, 0.1) is 18.6 Å². The molecule has 0 radical (unpaired) electrons. The Morgan fingerprint density at radius 3 is 2.34 bits per heavy atom. The monoisotopic (exact) mass is 525 g/mol. The summed E-state index contributed by atoms with van der Waals surface area (Å²) in [5, 5.41) is 2.54. The van der Waals surface area contributed by atoms with Gasteiger partial charge in [0.2, 0.25) is 21.8 Å². The van der Waals surface area contributed by atoms with Crippen LogP contribution >= 0.6 is 15.9 Å². The van der Waals surface area contributed by atoms with E-state index in [1.165, 1.54) is 11.9 Å². The average Bonchev–Trinajstić information content (AvgIpc) is 2.75. The van der Waals surface area contributed by atoms with Crippen LogP contribution in [-0.2, 0) is 26.2 Å². The first-order chi connectivity index (χ1) is 15.1. The van der Waals surface area contributed by atoms with Crippen molar-refractivity contribution in [3.05, 3.63) is 58.6 Å². The zero-order valence-corrected chi connectivity index (χ0v) is 20.9. The van der Waals surface area contributed by atoms with E-state index in [1.54, 1.807) is 31.2 Å². The van der Waals surface area contributed by atoms with Crippen molar-refractivity contribution in [3.8, 4) is 5.75 Å². The normalized spacial score (nSPS) is 12.0. The number of hydrogen-bond donors (Lipinski definition) is 1. The highest BCUT2D eigenvalue weighted by atomic mass is 79.9. The number of sulfonamides is 1. The molecule has 0 fully saturated rings. The smallest absolute Gasteiger partial charge is 0.244 e. The number of carbonyl (C=O) groups excluding carboxylic acids is 2. The highest BCUT2D eigenvalue weighted by molar-refractivity contribution is 9.10. The van der Waals surface area contributed by atoms with Crippen LogP contribution in [0.3, 0.4) is 0 Å². The third-order valence-electron chi connectivity index (χ3n) is 4.77. The first-order valence-corrected chi connectivity index (χ1v) is 12.7. The van der Waals surface area contributed by atoms with Gasteiger partial charge in [-0.2, -0.15) is 0 Å². The van der Waals surface area contributed by atoms with E-state index in [9.17, 15) is 18.0 Å². The molecule has 0 aromatic heterocycles. The van der Waals surface area contributed by atoms with Gasteiger partial charge in [-0.15, -0.1) is 0 Å². The lowest BCUT2D eigenvalue weighted by molar-refractivity contribution is -0.139. The van der Waals surface area contributed by atoms with Crippen molar-refractivity contribution in [2.45, 2.75) is 26.4 Å². The molecule has 2 amide bonds. The summed E-state index contributed by atoms with van der Waals surface area (Å²) in [6, 6.07) is 13.0. The Bertz CT molecular complexity index is 1040. The van der Waals surface area contributed by atoms with Crippen LogP contribution in [-0.4, -0.2) is 57.6 Å². The lowest BCUT2D eigenvalue weighted by atomic mass is 10.1. The molecule has 0 aliphatic carbocycles. The Labute approximate surface area is 197 Å². The number of amides is 2. The standard InChI is InChI=1S/C22H28BrN3O5S/c1-5-31-20-11-9-19(10-12-20)26(32(4,29)30)15-21(27)25(16(2)22(28)24-3)14-17-7-6-8-18(23)13-17/h6-13,16H,5,14-15H2,1-4H3,(H,24,28)/t16-/m0/s1. The Morgan fingerprint density at radius 1 is 1.16 bits per heavy atom. The summed E-state index contributed by atoms with van der Waals surface area (Å²) in [5.74, 6) is -0.249. The van der Waals surface area contributed by atoms with Crippen LogP contribution in [0.2, 0.25) is 0 Å². The molecule has 32 heavy (non-hydrogen) atoms. The van der Waals surface area contributed by atoms with Crippen molar-refractivity contribution in [1.82, 2.24) is 10.2 Å². The number of likely N-dealkylation sites (N-methyl/N-ethyl adjacent to an activating group) is 1. The van der Waals surface area contributed by atoms with E-state index in [1.807, 2.05) is 31.2 Å². The molecule has 0 bridgehead atoms. The lowest BCUT2D eigenvalue weighted by Crippen LogP contribution is -2.50. The van der Waals surface area contributed by atoms with E-state index < -0.39 is 28.5 Å². The molecule has 0 saturated carbocycles. The quantitative estimate of drug-likeness (QED) is 0.514. The summed E-state index contributed by atoms with van der Waals surface area (Å²) in [4.78, 5) is 27.0. The fraction of sp³-hybridized carbons (Fsp3) is 0.364. The Morgan fingerprint density at radius 2 is 1.81 bits per heavy atom. The predicted octanol–water partition coefficient (Wildman–Crippen LogP) is 2.78. The fourth-order valence-corrected chi connectivity index (χ4v) is 4.41. The summed E-state index contributed by atoms with van der Waals surface area (Å²) in [7, 11) is -2.28. The highest BCUT2D eigenvalue weighted by Crippen LogP contribution is 2.23. The zero-order chi connectivity index (χ0) is 23.9. The number of anilines is 1. The van der Waals surface area contributed by atoms with Gasteiger partial charge >= 0.3 is 0 Å². The van der Waals surface area contributed by atoms with E-state index in [-0.39, 0.29) is 12.5 Å². The number of benzene rings is 2. The predicted molar refractivity (Wildman–Crippen MR) is 128 cm³/mol. The van der Waals surface area contributed by atoms with Crippen LogP contribution in [0.4, 0.5) is 5.69 Å². The van der Waals surface area contributed by atoms with Gasteiger partial charge < -0.3 is 15.0 Å². The van der Waals surface area contributed by atoms with Crippen molar-refractivity contribution < 1.29 is 22.7 Å². The number of hydrogen-bond acceptors (Lipinski definition) is 5. The molecule has 0 aliphatic heterocycles. The van der Waals surface area contributed by atoms with E-state index in [4.69, 9.17) is 4.74 Å². The molecule has 2 rings (SSSR count). The molecular weight excluding hydrogens is 498 g/mol. The molecule has 2 aromatic carbocycles. The first kappa shape index (κ1) is 25.7. The van der Waals surface area contributed by atoms with E-state index in [0.29, 0.717) is 18.0 Å². The lowest BCUT2D eigenvalue weighted by Gasteiger charge is -2.31. The summed E-state index contributed by atoms with van der Waals surface area (Å²) in [5.41, 5.74) is 1.13. The third-order valence-corrected chi connectivity index (χ3v) is 6.40. The van der Waals surface area contributed by atoms with Crippen molar-refractivity contribution in [2.24, 2.45) is 0 Å². The molecule has 0 heterocycles. The minimum absolute atomic E-state index is 0.147. The van der Waals surface area contributed by atoms with Gasteiger partial charge in [0, 0.05) is 18.1 Å². The molecule has 1 atom stereocenters. The van der Waals surface area contributed by atoms with Crippen LogP contribution in [0.1, 0.15) is 19.4 Å². The SMILES string of the molecule is CCOc1ccc(N(CC(=O)N(Cc2cccc(Br)c2)[C@@H](C)C(=O)NC)S(C)(=O)=O)cc1. The van der Waals surface area contributed by atoms with Crippen LogP contribution < -0.4 is 14.4 Å². The van der Waals surface area contributed by atoms with E-state index in [2.05, 4.69) is 21.2 Å². The van der Waals surface area contributed by atoms with Gasteiger partial charge in [0.1, 0.15) is 18.3 Å². The maximum absolute atomic E-state index is 13.3. The minimum atomic E-state index is -3.77. The van der Waals surface area contributed by atoms with Crippen molar-refractivity contribution in [2.75, 3.05) is 30.8 Å². The number of rotatable bonds is 10. The highest BCUT2D eigenvalue weighted by Gasteiger charge is 2.29. The molecule has 1 N–H and O–H groups in total. The van der Waals surface area contributed by atoms with E-state index in [0.717, 1.165) is 20.6 Å². The van der Waals surface area contributed by atoms with Gasteiger partial charge in [-0.05, 0) is 55.8 Å². The van der Waals surface area contributed by atoms with Crippen LogP contribution in [0.25, 0.3) is 0 Å². The average molecular weight is 526 g/mol. The van der Waals surface area contributed by atoms with Gasteiger partial charge in [-0.3, -0.25) is 13.9 Å². The summed E-state index contributed by atoms with van der Waals surface area (Å²) in [6.45, 7) is 3.64. The maximum Gasteiger partial charge on any atom is 0.244 e. The molecule has 0 spiro atoms. The fourth-order valence-electron chi connectivity index (χ4n) is 3.11. The molecule has 0 saturated heterocycles. The zero-order valence-electron chi connectivity index (χ0n) is 18.5. The number of halogens is 1. The molecule has 10 heteroatoms. The van der Waals surface area contributed by atoms with Crippen LogP contribution in [0.15, 0.2) is 53.0 Å². The number of ether oxygens (including phenoxy) is 1. The molecule has 8 nitrogen and oxygen atoms in total. The molecule has 2 aromatic rings. The second-order valence-corrected chi connectivity index (χ2v) is 9.96. The Hall–Kier alpha value is -2.59. The van der Waals surface area contributed by atoms with Crippen LogP contribution in [0.5, 0.6) is 5.75 Å². The summed E-state index contributed by atoms with van der Waals surface area (Å²) in [6.07, 6.45) is 1.04. The topological polar surface area (TPSA) is 96.0 Å². The van der Waals surface area contributed by atoms with Crippen molar-refractivity contribution in [1.29, 1.82) is 0 Å². The molecule has 174 valence electrons. The molecule has 0 aliphatic rings. The second-order valence-electron chi connectivity index (χ2n) is 7.14. The number of nitrogens with one attached hydrogen (secondary N) is 1. The molecule has 0 unspecified atom stereocenters. The van der Waals surface area contributed by atoms with Crippen molar-refractivity contribution >= 4 is 43.5 Å².